The highest BCUT2D eigenvalue weighted by Crippen LogP contribution is 2.22. The number of rotatable bonds is 6. The lowest BCUT2D eigenvalue weighted by Crippen LogP contribution is -2.55. The van der Waals surface area contributed by atoms with E-state index in [9.17, 15) is 13.2 Å². The van der Waals surface area contributed by atoms with Crippen LogP contribution in [0, 0.1) is 0 Å². The van der Waals surface area contributed by atoms with Crippen LogP contribution >= 0.6 is 11.6 Å². The molecule has 0 fully saturated rings. The number of aromatic nitrogens is 1. The summed E-state index contributed by atoms with van der Waals surface area (Å²) < 4.78 is 31.1. The molecule has 4 N–H and O–H groups in total. The molecule has 1 aromatic heterocycles. The minimum Gasteiger partial charge on any atom is -0.480 e. The molecule has 1 aromatic rings. The third-order valence-electron chi connectivity index (χ3n) is 2.40. The Morgan fingerprint density at radius 1 is 1.65 bits per heavy atom. The van der Waals surface area contributed by atoms with E-state index in [1.165, 1.54) is 20.2 Å². The first-order valence-electron chi connectivity index (χ1n) is 5.30. The van der Waals surface area contributed by atoms with Gasteiger partial charge in [0.15, 0.2) is 5.54 Å². The summed E-state index contributed by atoms with van der Waals surface area (Å²) in [6, 6.07) is 1.08. The molecule has 0 bridgehead atoms. The molecule has 0 saturated carbocycles. The fraction of sp³-hybridized carbons (Fsp3) is 0.400. The normalized spacial score (nSPS) is 14.8. The van der Waals surface area contributed by atoms with E-state index in [0.29, 0.717) is 0 Å². The number of aliphatic carboxylic acids is 1. The molecule has 0 aliphatic heterocycles. The average molecular weight is 324 g/mol. The molecule has 112 valence electrons. The van der Waals surface area contributed by atoms with E-state index in [0.717, 1.165) is 6.07 Å². The van der Waals surface area contributed by atoms with Crippen LogP contribution in [0.15, 0.2) is 17.2 Å². The average Bonchev–Trinajstić information content (AvgIpc) is 2.31. The molecule has 0 amide bonds. The van der Waals surface area contributed by atoms with Crippen molar-refractivity contribution < 1.29 is 23.1 Å². The number of sulfonamides is 1. The summed E-state index contributed by atoms with van der Waals surface area (Å²) in [6.45, 7) is 0.806. The third kappa shape index (κ3) is 3.57. The molecule has 0 saturated heterocycles. The van der Waals surface area contributed by atoms with Gasteiger partial charge in [-0.2, -0.15) is 4.72 Å². The maximum Gasteiger partial charge on any atom is 0.327 e. The van der Waals surface area contributed by atoms with Crippen LogP contribution in [0.25, 0.3) is 0 Å². The lowest BCUT2D eigenvalue weighted by molar-refractivity contribution is -0.145. The first kappa shape index (κ1) is 16.6. The maximum atomic E-state index is 12.2. The highest BCUT2D eigenvalue weighted by Gasteiger charge is 2.38. The third-order valence-corrected chi connectivity index (χ3v) is 4.23. The molecule has 1 rings (SSSR count). The molecule has 0 radical (unpaired) electrons. The number of carbonyl (C=O) groups is 1. The van der Waals surface area contributed by atoms with E-state index >= 15 is 0 Å². The smallest absolute Gasteiger partial charge is 0.327 e. The minimum absolute atomic E-state index is 0.0587. The number of anilines is 1. The second kappa shape index (κ2) is 5.92. The van der Waals surface area contributed by atoms with Crippen LogP contribution in [-0.4, -0.2) is 43.7 Å². The van der Waals surface area contributed by atoms with Crippen LogP contribution in [0.3, 0.4) is 0 Å². The topological polar surface area (TPSA) is 132 Å². The highest BCUT2D eigenvalue weighted by molar-refractivity contribution is 7.89. The molecule has 0 aromatic carbocycles. The molecule has 10 heteroatoms. The Bertz CT molecular complexity index is 621. The van der Waals surface area contributed by atoms with Gasteiger partial charge in [0, 0.05) is 13.3 Å². The predicted molar refractivity (Wildman–Crippen MR) is 71.9 cm³/mol. The van der Waals surface area contributed by atoms with Gasteiger partial charge in [-0.15, -0.1) is 0 Å². The van der Waals surface area contributed by atoms with Crippen molar-refractivity contribution in [3.05, 3.63) is 17.3 Å². The van der Waals surface area contributed by atoms with Gasteiger partial charge < -0.3 is 15.6 Å². The summed E-state index contributed by atoms with van der Waals surface area (Å²) in [5.41, 5.74) is 3.63. The van der Waals surface area contributed by atoms with Crippen LogP contribution in [0.1, 0.15) is 6.92 Å². The van der Waals surface area contributed by atoms with E-state index in [1.54, 1.807) is 0 Å². The fourth-order valence-electron chi connectivity index (χ4n) is 1.42. The van der Waals surface area contributed by atoms with Gasteiger partial charge in [0.25, 0.3) is 0 Å². The van der Waals surface area contributed by atoms with E-state index < -0.39 is 26.4 Å². The standard InChI is InChI=1S/C10H14ClN3O5S/c1-10(5-19-2,9(15)16)14-20(17,18)7-3-6(11)4-13-8(7)12/h3-4,14H,5H2,1-2H3,(H2,12,13)(H,15,16). The first-order chi connectivity index (χ1) is 9.12. The van der Waals surface area contributed by atoms with Gasteiger partial charge >= 0.3 is 5.97 Å². The number of ether oxygens (including phenoxy) is 1. The zero-order valence-electron chi connectivity index (χ0n) is 10.8. The van der Waals surface area contributed by atoms with Crippen molar-refractivity contribution in [3.8, 4) is 0 Å². The number of hydrogen-bond donors (Lipinski definition) is 3. The zero-order valence-corrected chi connectivity index (χ0v) is 12.3. The molecule has 0 aliphatic rings. The van der Waals surface area contributed by atoms with Crippen LogP contribution in [-0.2, 0) is 19.6 Å². The Balaban J connectivity index is 3.23. The van der Waals surface area contributed by atoms with Crippen LogP contribution in [0.5, 0.6) is 0 Å². The van der Waals surface area contributed by atoms with Gasteiger partial charge in [-0.3, -0.25) is 4.79 Å². The second-order valence-electron chi connectivity index (χ2n) is 4.21. The predicted octanol–water partition coefficient (Wildman–Crippen LogP) is 0.0852. The van der Waals surface area contributed by atoms with Crippen molar-refractivity contribution in [2.24, 2.45) is 0 Å². The van der Waals surface area contributed by atoms with Crippen molar-refractivity contribution in [1.82, 2.24) is 9.71 Å². The number of halogens is 1. The highest BCUT2D eigenvalue weighted by atomic mass is 35.5. The molecule has 8 nitrogen and oxygen atoms in total. The Morgan fingerprint density at radius 3 is 2.75 bits per heavy atom. The number of nitrogens with one attached hydrogen (secondary N) is 1. The Kier molecular flexibility index (Phi) is 4.92. The van der Waals surface area contributed by atoms with E-state index in [-0.39, 0.29) is 17.4 Å². The van der Waals surface area contributed by atoms with Gasteiger partial charge in [-0.25, -0.2) is 13.4 Å². The molecule has 20 heavy (non-hydrogen) atoms. The maximum absolute atomic E-state index is 12.2. The van der Waals surface area contributed by atoms with Gasteiger partial charge in [-0.05, 0) is 13.0 Å². The molecule has 1 unspecified atom stereocenters. The van der Waals surface area contributed by atoms with Crippen molar-refractivity contribution in [1.29, 1.82) is 0 Å². The monoisotopic (exact) mass is 323 g/mol. The molecule has 0 aliphatic carbocycles. The summed E-state index contributed by atoms with van der Waals surface area (Å²) in [5.74, 6) is -1.68. The van der Waals surface area contributed by atoms with E-state index in [1.807, 2.05) is 4.72 Å². The first-order valence-corrected chi connectivity index (χ1v) is 7.16. The number of carboxylic acids is 1. The van der Waals surface area contributed by atoms with Crippen LogP contribution < -0.4 is 10.5 Å². The largest absolute Gasteiger partial charge is 0.480 e. The van der Waals surface area contributed by atoms with Gasteiger partial charge in [0.05, 0.1) is 11.6 Å². The van der Waals surface area contributed by atoms with Gasteiger partial charge in [0.2, 0.25) is 10.0 Å². The van der Waals surface area contributed by atoms with Crippen molar-refractivity contribution in [2.75, 3.05) is 19.5 Å². The van der Waals surface area contributed by atoms with Crippen molar-refractivity contribution >= 4 is 33.4 Å². The number of pyridine rings is 1. The van der Waals surface area contributed by atoms with Crippen molar-refractivity contribution in [2.45, 2.75) is 17.4 Å². The quantitative estimate of drug-likeness (QED) is 0.675. The summed E-state index contributed by atoms with van der Waals surface area (Å²) in [6.07, 6.45) is 1.18. The lowest BCUT2D eigenvalue weighted by atomic mass is 10.1. The van der Waals surface area contributed by atoms with Crippen molar-refractivity contribution in [3.63, 3.8) is 0 Å². The number of nitrogen functional groups attached to an aromatic ring is 1. The molecular formula is C10H14ClN3O5S. The summed E-state index contributed by atoms with van der Waals surface area (Å²) >= 11 is 5.67. The summed E-state index contributed by atoms with van der Waals surface area (Å²) in [4.78, 5) is 14.4. The number of nitrogens with zero attached hydrogens (tertiary/aromatic N) is 1. The Morgan fingerprint density at radius 2 is 2.25 bits per heavy atom. The number of hydrogen-bond acceptors (Lipinski definition) is 6. The zero-order chi connectivity index (χ0) is 15.6. The number of methoxy groups -OCH3 is 1. The number of carboxylic acid groups (broad SMARTS) is 1. The van der Waals surface area contributed by atoms with E-state index in [2.05, 4.69) is 4.98 Å². The molecular weight excluding hydrogens is 310 g/mol. The SMILES string of the molecule is COCC(C)(NS(=O)(=O)c1cc(Cl)cnc1N)C(=O)O. The molecule has 1 atom stereocenters. The van der Waals surface area contributed by atoms with E-state index in [4.69, 9.17) is 27.2 Å². The Hall–Kier alpha value is -1.42. The van der Waals surface area contributed by atoms with Gasteiger partial charge in [-0.1, -0.05) is 11.6 Å². The fourth-order valence-corrected chi connectivity index (χ4v) is 3.10. The van der Waals surface area contributed by atoms with Crippen LogP contribution in [0.2, 0.25) is 5.02 Å². The molecule has 0 spiro atoms. The second-order valence-corrected chi connectivity index (χ2v) is 6.30. The summed E-state index contributed by atoms with van der Waals surface area (Å²) in [7, 11) is -2.97. The van der Waals surface area contributed by atoms with Crippen LogP contribution in [0.4, 0.5) is 5.82 Å². The molecule has 1 heterocycles. The lowest BCUT2D eigenvalue weighted by Gasteiger charge is -2.25. The van der Waals surface area contributed by atoms with Gasteiger partial charge in [0.1, 0.15) is 10.7 Å². The summed E-state index contributed by atoms with van der Waals surface area (Å²) in [5, 5.41) is 9.18. The number of nitrogens with two attached hydrogens (primary N) is 1. The minimum atomic E-state index is -4.22. The Labute approximate surface area is 120 Å².